The monoisotopic (exact) mass is 219 g/mol. The fourth-order valence-electron chi connectivity index (χ4n) is 1.48. The summed E-state index contributed by atoms with van der Waals surface area (Å²) in [5, 5.41) is 0.818. The molecule has 0 unspecified atom stereocenters. The molecule has 2 rings (SSSR count). The van der Waals surface area contributed by atoms with Gasteiger partial charge in [0.15, 0.2) is 0 Å². The van der Waals surface area contributed by atoms with E-state index >= 15 is 0 Å². The van der Waals surface area contributed by atoms with E-state index in [0.717, 1.165) is 10.9 Å². The molecule has 3 nitrogen and oxygen atoms in total. The van der Waals surface area contributed by atoms with Crippen LogP contribution in [0.3, 0.4) is 0 Å². The van der Waals surface area contributed by atoms with E-state index in [1.165, 1.54) is 7.11 Å². The molecular weight excluding hydrogens is 210 g/mol. The summed E-state index contributed by atoms with van der Waals surface area (Å²) < 4.78 is 5.22. The third-order valence-electron chi connectivity index (χ3n) is 2.16. The van der Waals surface area contributed by atoms with E-state index in [-0.39, 0.29) is 5.97 Å². The number of carbonyl (C=O) groups is 1. The second-order valence-corrected chi connectivity index (χ2v) is 3.52. The third kappa shape index (κ3) is 1.76. The van der Waals surface area contributed by atoms with Crippen molar-refractivity contribution in [3.63, 3.8) is 0 Å². The molecule has 76 valence electrons. The molecule has 0 saturated carbocycles. The quantitative estimate of drug-likeness (QED) is 0.592. The number of H-pyrrole nitrogens is 1. The van der Waals surface area contributed by atoms with Crippen molar-refractivity contribution in [3.8, 4) is 0 Å². The molecular formula is C11H9NO2S. The molecule has 2 aromatic rings. The van der Waals surface area contributed by atoms with Crippen LogP contribution in [0.1, 0.15) is 10.4 Å². The number of hydrogen-bond donors (Lipinski definition) is 1. The first-order valence-electron chi connectivity index (χ1n) is 4.43. The Morgan fingerprint density at radius 2 is 2.13 bits per heavy atom. The van der Waals surface area contributed by atoms with Crippen molar-refractivity contribution in [2.45, 2.75) is 0 Å². The lowest BCUT2D eigenvalue weighted by Gasteiger charge is -2.04. The number of rotatable bonds is 1. The second-order valence-electron chi connectivity index (χ2n) is 3.08. The van der Waals surface area contributed by atoms with E-state index in [4.69, 9.17) is 17.0 Å². The summed E-state index contributed by atoms with van der Waals surface area (Å²) in [4.78, 5) is 14.5. The molecule has 0 radical (unpaired) electrons. The van der Waals surface area contributed by atoms with Crippen molar-refractivity contribution in [2.75, 3.05) is 7.11 Å². The Bertz CT molecular complexity index is 574. The number of ether oxygens (including phenoxy) is 1. The van der Waals surface area contributed by atoms with Crippen LogP contribution in [0.25, 0.3) is 10.9 Å². The molecule has 0 atom stereocenters. The summed E-state index contributed by atoms with van der Waals surface area (Å²) in [6.45, 7) is 0. The van der Waals surface area contributed by atoms with Crippen LogP contribution in [0, 0.1) is 4.64 Å². The van der Waals surface area contributed by atoms with Gasteiger partial charge in [-0.2, -0.15) is 0 Å². The van der Waals surface area contributed by atoms with Crippen LogP contribution in [0.2, 0.25) is 0 Å². The Morgan fingerprint density at radius 3 is 2.87 bits per heavy atom. The minimum Gasteiger partial charge on any atom is -0.465 e. The van der Waals surface area contributed by atoms with E-state index in [9.17, 15) is 4.79 Å². The smallest absolute Gasteiger partial charge is 0.338 e. The van der Waals surface area contributed by atoms with Crippen LogP contribution in [-0.2, 0) is 4.74 Å². The average molecular weight is 219 g/mol. The average Bonchev–Trinajstić information content (AvgIpc) is 2.26. The molecule has 1 heterocycles. The molecule has 0 aliphatic heterocycles. The predicted octanol–water partition coefficient (Wildman–Crippen LogP) is 2.68. The number of methoxy groups -OCH3 is 1. The summed E-state index contributed by atoms with van der Waals surface area (Å²) in [5.41, 5.74) is 1.34. The number of carbonyl (C=O) groups excluding carboxylic acids is 1. The van der Waals surface area contributed by atoms with Crippen molar-refractivity contribution < 1.29 is 9.53 Å². The highest BCUT2D eigenvalue weighted by Gasteiger charge is 2.09. The minimum atomic E-state index is -0.369. The second kappa shape index (κ2) is 3.82. The van der Waals surface area contributed by atoms with Crippen LogP contribution >= 0.6 is 12.2 Å². The number of para-hydroxylation sites is 1. The van der Waals surface area contributed by atoms with Crippen molar-refractivity contribution in [1.29, 1.82) is 0 Å². The maximum Gasteiger partial charge on any atom is 0.338 e. The van der Waals surface area contributed by atoms with Gasteiger partial charge < -0.3 is 9.72 Å². The molecule has 1 aromatic heterocycles. The number of pyridine rings is 1. The highest BCUT2D eigenvalue weighted by Crippen LogP contribution is 2.17. The van der Waals surface area contributed by atoms with Crippen molar-refractivity contribution in [2.24, 2.45) is 0 Å². The lowest BCUT2D eigenvalue weighted by molar-refractivity contribution is 0.0603. The van der Waals surface area contributed by atoms with Gasteiger partial charge in [-0.05, 0) is 12.1 Å². The molecule has 0 aliphatic carbocycles. The van der Waals surface area contributed by atoms with Crippen molar-refractivity contribution in [3.05, 3.63) is 40.5 Å². The zero-order valence-electron chi connectivity index (χ0n) is 8.11. The maximum absolute atomic E-state index is 11.5. The summed E-state index contributed by atoms with van der Waals surface area (Å²) in [6.07, 6.45) is 0. The van der Waals surface area contributed by atoms with Gasteiger partial charge in [-0.3, -0.25) is 0 Å². The normalized spacial score (nSPS) is 10.2. The Hall–Kier alpha value is -1.68. The highest BCUT2D eigenvalue weighted by molar-refractivity contribution is 7.71. The highest BCUT2D eigenvalue weighted by atomic mass is 32.1. The Kier molecular flexibility index (Phi) is 2.51. The molecule has 0 spiro atoms. The number of aromatic nitrogens is 1. The summed E-state index contributed by atoms with van der Waals surface area (Å²) in [5.74, 6) is -0.369. The first-order valence-corrected chi connectivity index (χ1v) is 4.83. The zero-order chi connectivity index (χ0) is 10.8. The van der Waals surface area contributed by atoms with E-state index in [1.807, 2.05) is 24.3 Å². The fourth-order valence-corrected chi connectivity index (χ4v) is 1.71. The van der Waals surface area contributed by atoms with Gasteiger partial charge in [0.2, 0.25) is 0 Å². The molecule has 0 amide bonds. The maximum atomic E-state index is 11.5. The SMILES string of the molecule is COC(=O)c1cc(=S)[nH]c2ccccc12. The number of benzene rings is 1. The lowest BCUT2D eigenvalue weighted by Crippen LogP contribution is -2.02. The van der Waals surface area contributed by atoms with E-state index in [2.05, 4.69) is 4.98 Å². The van der Waals surface area contributed by atoms with Gasteiger partial charge in [0.1, 0.15) is 4.64 Å². The molecule has 4 heteroatoms. The van der Waals surface area contributed by atoms with Crippen LogP contribution in [0.15, 0.2) is 30.3 Å². The van der Waals surface area contributed by atoms with Gasteiger partial charge in [0, 0.05) is 10.9 Å². The van der Waals surface area contributed by atoms with E-state index < -0.39 is 0 Å². The standard InChI is InChI=1S/C11H9NO2S/c1-14-11(13)8-6-10(15)12-9-5-3-2-4-7(8)9/h2-6H,1H3,(H,12,15). The molecule has 15 heavy (non-hydrogen) atoms. The van der Waals surface area contributed by atoms with E-state index in [0.29, 0.717) is 10.2 Å². The first-order chi connectivity index (χ1) is 7.22. The van der Waals surface area contributed by atoms with Gasteiger partial charge >= 0.3 is 5.97 Å². The van der Waals surface area contributed by atoms with Gasteiger partial charge in [-0.15, -0.1) is 0 Å². The van der Waals surface area contributed by atoms with Gasteiger partial charge in [0.25, 0.3) is 0 Å². The van der Waals surface area contributed by atoms with Crippen LogP contribution in [0.5, 0.6) is 0 Å². The number of esters is 1. The van der Waals surface area contributed by atoms with Gasteiger partial charge in [-0.1, -0.05) is 30.4 Å². The summed E-state index contributed by atoms with van der Waals surface area (Å²) in [6, 6.07) is 9.09. The molecule has 0 fully saturated rings. The summed E-state index contributed by atoms with van der Waals surface area (Å²) >= 11 is 5.03. The third-order valence-corrected chi connectivity index (χ3v) is 2.38. The number of aromatic amines is 1. The molecule has 1 N–H and O–H groups in total. The van der Waals surface area contributed by atoms with Crippen LogP contribution < -0.4 is 0 Å². The molecule has 0 bridgehead atoms. The largest absolute Gasteiger partial charge is 0.465 e. The zero-order valence-corrected chi connectivity index (χ0v) is 8.93. The van der Waals surface area contributed by atoms with Crippen molar-refractivity contribution >= 4 is 29.1 Å². The Balaban J connectivity index is 2.82. The summed E-state index contributed by atoms with van der Waals surface area (Å²) in [7, 11) is 1.36. The molecule has 1 aromatic carbocycles. The van der Waals surface area contributed by atoms with Crippen LogP contribution in [0.4, 0.5) is 0 Å². The lowest BCUT2D eigenvalue weighted by atomic mass is 10.1. The van der Waals surface area contributed by atoms with Gasteiger partial charge in [-0.25, -0.2) is 4.79 Å². The fraction of sp³-hybridized carbons (Fsp3) is 0.0909. The molecule has 0 saturated heterocycles. The first kappa shape index (κ1) is 9.86. The topological polar surface area (TPSA) is 42.1 Å². The van der Waals surface area contributed by atoms with E-state index in [1.54, 1.807) is 6.07 Å². The Morgan fingerprint density at radius 1 is 1.40 bits per heavy atom. The van der Waals surface area contributed by atoms with Gasteiger partial charge in [0.05, 0.1) is 12.7 Å². The minimum absolute atomic E-state index is 0.369. The number of hydrogen-bond acceptors (Lipinski definition) is 3. The number of nitrogens with one attached hydrogen (secondary N) is 1. The molecule has 0 aliphatic rings. The number of fused-ring (bicyclic) bond motifs is 1. The van der Waals surface area contributed by atoms with Crippen LogP contribution in [-0.4, -0.2) is 18.1 Å². The predicted molar refractivity (Wildman–Crippen MR) is 60.5 cm³/mol. The Labute approximate surface area is 91.7 Å². The van der Waals surface area contributed by atoms with Crippen molar-refractivity contribution in [1.82, 2.24) is 4.98 Å².